The molecule has 3 nitrogen and oxygen atoms in total. The topological polar surface area (TPSA) is 49.3 Å². The number of hydrogen-bond donors (Lipinski definition) is 2. The van der Waals surface area contributed by atoms with Gasteiger partial charge in [0.2, 0.25) is 0 Å². The van der Waals surface area contributed by atoms with E-state index >= 15 is 0 Å². The lowest BCUT2D eigenvalue weighted by molar-refractivity contribution is -0.151. The first-order valence-electron chi connectivity index (χ1n) is 5.15. The van der Waals surface area contributed by atoms with Crippen LogP contribution in [0.4, 0.5) is 0 Å². The monoisotopic (exact) mass is 197 g/mol. The Morgan fingerprint density at radius 1 is 1.50 bits per heavy atom. The van der Waals surface area contributed by atoms with Crippen molar-refractivity contribution in [2.45, 2.75) is 32.6 Å². The van der Waals surface area contributed by atoms with E-state index in [-0.39, 0.29) is 0 Å². The fourth-order valence-corrected chi connectivity index (χ4v) is 1.93. The van der Waals surface area contributed by atoms with Crippen LogP contribution in [-0.4, -0.2) is 24.2 Å². The number of carbonyl (C=O) groups is 1. The lowest BCUT2D eigenvalue weighted by Crippen LogP contribution is -2.42. The van der Waals surface area contributed by atoms with Crippen LogP contribution in [0.2, 0.25) is 0 Å². The molecule has 1 aliphatic rings. The predicted octanol–water partition coefficient (Wildman–Crippen LogP) is 1.80. The Bertz CT molecular complexity index is 229. The third-order valence-corrected chi connectivity index (χ3v) is 3.04. The van der Waals surface area contributed by atoms with E-state index in [1.807, 2.05) is 6.92 Å². The van der Waals surface area contributed by atoms with Gasteiger partial charge in [-0.3, -0.25) is 4.79 Å². The maximum absolute atomic E-state index is 11.2. The highest BCUT2D eigenvalue weighted by atomic mass is 16.4. The second-order valence-electron chi connectivity index (χ2n) is 4.29. The van der Waals surface area contributed by atoms with Gasteiger partial charge in [0.1, 0.15) is 0 Å². The summed E-state index contributed by atoms with van der Waals surface area (Å²) in [6.07, 6.45) is 3.05. The van der Waals surface area contributed by atoms with Crippen molar-refractivity contribution in [1.82, 2.24) is 5.32 Å². The van der Waals surface area contributed by atoms with E-state index in [0.29, 0.717) is 0 Å². The highest BCUT2D eigenvalue weighted by Gasteiger charge is 2.38. The second-order valence-corrected chi connectivity index (χ2v) is 4.29. The Balaban J connectivity index is 2.60. The first-order chi connectivity index (χ1) is 6.57. The zero-order valence-electron chi connectivity index (χ0n) is 8.81. The molecule has 1 saturated heterocycles. The van der Waals surface area contributed by atoms with Gasteiger partial charge >= 0.3 is 5.97 Å². The Morgan fingerprint density at radius 3 is 2.50 bits per heavy atom. The molecule has 2 N–H and O–H groups in total. The molecule has 0 spiro atoms. The molecule has 0 aliphatic carbocycles. The molecular formula is C11H19NO2. The maximum atomic E-state index is 11.2. The summed E-state index contributed by atoms with van der Waals surface area (Å²) < 4.78 is 0. The molecular weight excluding hydrogens is 178 g/mol. The number of hydrogen-bond acceptors (Lipinski definition) is 2. The Hall–Kier alpha value is -0.830. The van der Waals surface area contributed by atoms with Gasteiger partial charge in [0.15, 0.2) is 0 Å². The van der Waals surface area contributed by atoms with Crippen molar-refractivity contribution < 1.29 is 9.90 Å². The average molecular weight is 197 g/mol. The molecule has 0 amide bonds. The minimum Gasteiger partial charge on any atom is -0.481 e. The Morgan fingerprint density at radius 2 is 2.07 bits per heavy atom. The van der Waals surface area contributed by atoms with E-state index in [4.69, 9.17) is 0 Å². The molecule has 1 heterocycles. The van der Waals surface area contributed by atoms with Gasteiger partial charge < -0.3 is 10.4 Å². The Labute approximate surface area is 85.2 Å². The number of rotatable bonds is 4. The quantitative estimate of drug-likeness (QED) is 0.676. The molecule has 0 saturated carbocycles. The summed E-state index contributed by atoms with van der Waals surface area (Å²) in [6, 6.07) is 0. The van der Waals surface area contributed by atoms with Crippen molar-refractivity contribution >= 4 is 5.97 Å². The minimum absolute atomic E-state index is 0.496. The summed E-state index contributed by atoms with van der Waals surface area (Å²) in [6.45, 7) is 7.42. The first kappa shape index (κ1) is 11.2. The van der Waals surface area contributed by atoms with E-state index in [2.05, 4.69) is 11.9 Å². The fraction of sp³-hybridized carbons (Fsp3) is 0.727. The Kier molecular flexibility index (Phi) is 3.69. The number of aliphatic carboxylic acids is 1. The van der Waals surface area contributed by atoms with Gasteiger partial charge in [0.05, 0.1) is 5.41 Å². The lowest BCUT2D eigenvalue weighted by atomic mass is 9.75. The molecule has 14 heavy (non-hydrogen) atoms. The number of allylic oxidation sites excluding steroid dienone is 1. The van der Waals surface area contributed by atoms with Gasteiger partial charge in [0.25, 0.3) is 0 Å². The summed E-state index contributed by atoms with van der Waals surface area (Å²) in [5, 5.41) is 12.4. The molecule has 1 aliphatic heterocycles. The summed E-state index contributed by atoms with van der Waals surface area (Å²) >= 11 is 0. The molecule has 0 aromatic rings. The molecule has 0 radical (unpaired) electrons. The highest BCUT2D eigenvalue weighted by molar-refractivity contribution is 5.74. The van der Waals surface area contributed by atoms with Crippen molar-refractivity contribution in [2.24, 2.45) is 5.41 Å². The van der Waals surface area contributed by atoms with Crippen LogP contribution in [0.5, 0.6) is 0 Å². The van der Waals surface area contributed by atoms with Gasteiger partial charge in [0, 0.05) is 0 Å². The maximum Gasteiger partial charge on any atom is 0.309 e. The van der Waals surface area contributed by atoms with Crippen molar-refractivity contribution in [1.29, 1.82) is 0 Å². The average Bonchev–Trinajstić information content (AvgIpc) is 2.16. The van der Waals surface area contributed by atoms with Crippen molar-refractivity contribution in [3.63, 3.8) is 0 Å². The SMILES string of the molecule is C=C(C)CCC1(C(=O)O)CCNCC1. The van der Waals surface area contributed by atoms with Gasteiger partial charge in [-0.1, -0.05) is 5.57 Å². The van der Waals surface area contributed by atoms with Crippen LogP contribution in [-0.2, 0) is 4.79 Å². The molecule has 0 atom stereocenters. The van der Waals surface area contributed by atoms with Gasteiger partial charge in [-0.15, -0.1) is 6.58 Å². The van der Waals surface area contributed by atoms with Crippen LogP contribution in [0.15, 0.2) is 12.2 Å². The van der Waals surface area contributed by atoms with Crippen molar-refractivity contribution in [3.8, 4) is 0 Å². The summed E-state index contributed by atoms with van der Waals surface area (Å²) in [5.41, 5.74) is 0.577. The predicted molar refractivity (Wildman–Crippen MR) is 56.2 cm³/mol. The first-order valence-corrected chi connectivity index (χ1v) is 5.15. The molecule has 0 bridgehead atoms. The molecule has 3 heteroatoms. The zero-order chi connectivity index (χ0) is 10.6. The van der Waals surface area contributed by atoms with Crippen LogP contribution in [0.3, 0.4) is 0 Å². The molecule has 0 unspecified atom stereocenters. The number of piperidine rings is 1. The van der Waals surface area contributed by atoms with Crippen LogP contribution in [0.1, 0.15) is 32.6 Å². The largest absolute Gasteiger partial charge is 0.481 e. The number of nitrogens with one attached hydrogen (secondary N) is 1. The lowest BCUT2D eigenvalue weighted by Gasteiger charge is -2.33. The summed E-state index contributed by atoms with van der Waals surface area (Å²) in [4.78, 5) is 11.2. The molecule has 1 rings (SSSR count). The fourth-order valence-electron chi connectivity index (χ4n) is 1.93. The zero-order valence-corrected chi connectivity index (χ0v) is 8.81. The van der Waals surface area contributed by atoms with Crippen LogP contribution < -0.4 is 5.32 Å². The molecule has 80 valence electrons. The van der Waals surface area contributed by atoms with Crippen LogP contribution in [0.25, 0.3) is 0 Å². The van der Waals surface area contributed by atoms with E-state index in [0.717, 1.165) is 44.3 Å². The number of carboxylic acid groups (broad SMARTS) is 1. The molecule has 0 aromatic heterocycles. The molecule has 1 fully saturated rings. The summed E-state index contributed by atoms with van der Waals surface area (Å²) in [5.74, 6) is -0.639. The van der Waals surface area contributed by atoms with E-state index in [1.165, 1.54) is 0 Å². The van der Waals surface area contributed by atoms with Crippen molar-refractivity contribution in [3.05, 3.63) is 12.2 Å². The standard InChI is InChI=1S/C11H19NO2/c1-9(2)3-4-11(10(13)14)5-7-12-8-6-11/h12H,1,3-8H2,2H3,(H,13,14). The third kappa shape index (κ3) is 2.58. The number of carboxylic acids is 1. The smallest absolute Gasteiger partial charge is 0.309 e. The minimum atomic E-state index is -0.639. The van der Waals surface area contributed by atoms with Crippen molar-refractivity contribution in [2.75, 3.05) is 13.1 Å². The molecule has 0 aromatic carbocycles. The van der Waals surface area contributed by atoms with Gasteiger partial charge in [-0.25, -0.2) is 0 Å². The van der Waals surface area contributed by atoms with Crippen LogP contribution >= 0.6 is 0 Å². The third-order valence-electron chi connectivity index (χ3n) is 3.04. The van der Waals surface area contributed by atoms with E-state index in [9.17, 15) is 9.90 Å². The highest BCUT2D eigenvalue weighted by Crippen LogP contribution is 2.35. The van der Waals surface area contributed by atoms with E-state index in [1.54, 1.807) is 0 Å². The normalized spacial score (nSPS) is 20.4. The summed E-state index contributed by atoms with van der Waals surface area (Å²) in [7, 11) is 0. The van der Waals surface area contributed by atoms with Gasteiger partial charge in [-0.05, 0) is 45.7 Å². The van der Waals surface area contributed by atoms with Crippen LogP contribution in [0, 0.1) is 5.41 Å². The van der Waals surface area contributed by atoms with Gasteiger partial charge in [-0.2, -0.15) is 0 Å². The van der Waals surface area contributed by atoms with E-state index < -0.39 is 11.4 Å². The second kappa shape index (κ2) is 4.60.